The summed E-state index contributed by atoms with van der Waals surface area (Å²) in [6, 6.07) is 18.8. The summed E-state index contributed by atoms with van der Waals surface area (Å²) < 4.78 is 11.2. The Morgan fingerprint density at radius 3 is 2.64 bits per heavy atom. The summed E-state index contributed by atoms with van der Waals surface area (Å²) >= 11 is 0. The Morgan fingerprint density at radius 2 is 1.86 bits per heavy atom. The molecular formula is C18H17NO3. The van der Waals surface area contributed by atoms with E-state index >= 15 is 0 Å². The molecule has 0 unspecified atom stereocenters. The highest BCUT2D eigenvalue weighted by atomic mass is 16.5. The quantitative estimate of drug-likeness (QED) is 0.781. The van der Waals surface area contributed by atoms with Crippen molar-refractivity contribution >= 4 is 16.9 Å². The highest BCUT2D eigenvalue weighted by molar-refractivity contribution is 5.79. The first-order chi connectivity index (χ1) is 10.7. The Bertz CT molecular complexity index is 731. The predicted molar refractivity (Wildman–Crippen MR) is 84.7 cm³/mol. The second kappa shape index (κ2) is 6.35. The number of hydrogen-bond donors (Lipinski definition) is 1. The van der Waals surface area contributed by atoms with Crippen LogP contribution in [-0.4, -0.2) is 12.5 Å². The molecule has 112 valence electrons. The number of nitrogens with one attached hydrogen (secondary N) is 1. The number of carbonyl (C=O) groups excluding carboxylic acids is 1. The summed E-state index contributed by atoms with van der Waals surface area (Å²) in [6.07, 6.45) is 0. The molecule has 0 saturated carbocycles. The molecule has 1 amide bonds. The van der Waals surface area contributed by atoms with Gasteiger partial charge < -0.3 is 14.5 Å². The van der Waals surface area contributed by atoms with Crippen molar-refractivity contribution in [3.05, 3.63) is 66.4 Å². The number of rotatable bonds is 5. The third-order valence-corrected chi connectivity index (χ3v) is 3.36. The van der Waals surface area contributed by atoms with Crippen LogP contribution in [0.1, 0.15) is 18.7 Å². The van der Waals surface area contributed by atoms with Gasteiger partial charge in [-0.05, 0) is 31.2 Å². The minimum Gasteiger partial charge on any atom is -0.484 e. The van der Waals surface area contributed by atoms with Crippen molar-refractivity contribution in [2.24, 2.45) is 0 Å². The smallest absolute Gasteiger partial charge is 0.258 e. The average molecular weight is 295 g/mol. The van der Waals surface area contributed by atoms with Crippen LogP contribution in [0, 0.1) is 0 Å². The zero-order valence-corrected chi connectivity index (χ0v) is 12.3. The Kier molecular flexibility index (Phi) is 4.10. The van der Waals surface area contributed by atoms with E-state index in [1.807, 2.05) is 67.6 Å². The van der Waals surface area contributed by atoms with Crippen LogP contribution in [-0.2, 0) is 4.79 Å². The molecule has 1 aromatic heterocycles. The van der Waals surface area contributed by atoms with Crippen LogP contribution in [0.25, 0.3) is 11.0 Å². The number of furan rings is 1. The normalized spacial score (nSPS) is 12.0. The molecule has 0 fully saturated rings. The summed E-state index contributed by atoms with van der Waals surface area (Å²) in [6.45, 7) is 1.87. The Labute approximate surface area is 128 Å². The Balaban J connectivity index is 1.58. The van der Waals surface area contributed by atoms with Gasteiger partial charge in [0.1, 0.15) is 17.1 Å². The molecule has 1 N–H and O–H groups in total. The van der Waals surface area contributed by atoms with Gasteiger partial charge >= 0.3 is 0 Å². The summed E-state index contributed by atoms with van der Waals surface area (Å²) in [4.78, 5) is 11.9. The van der Waals surface area contributed by atoms with E-state index in [9.17, 15) is 4.79 Å². The fourth-order valence-electron chi connectivity index (χ4n) is 2.24. The second-order valence-electron chi connectivity index (χ2n) is 5.08. The van der Waals surface area contributed by atoms with Gasteiger partial charge in [0, 0.05) is 5.39 Å². The lowest BCUT2D eigenvalue weighted by atomic mass is 10.2. The Morgan fingerprint density at radius 1 is 1.14 bits per heavy atom. The maximum absolute atomic E-state index is 11.9. The van der Waals surface area contributed by atoms with Crippen molar-refractivity contribution in [1.29, 1.82) is 0 Å². The third-order valence-electron chi connectivity index (χ3n) is 3.36. The zero-order valence-electron chi connectivity index (χ0n) is 12.3. The summed E-state index contributed by atoms with van der Waals surface area (Å²) in [7, 11) is 0. The fraction of sp³-hybridized carbons (Fsp3) is 0.167. The van der Waals surface area contributed by atoms with Crippen LogP contribution >= 0.6 is 0 Å². The number of carbonyl (C=O) groups is 1. The van der Waals surface area contributed by atoms with E-state index < -0.39 is 0 Å². The van der Waals surface area contributed by atoms with E-state index in [2.05, 4.69) is 5.32 Å². The maximum Gasteiger partial charge on any atom is 0.258 e. The molecule has 4 heteroatoms. The number of ether oxygens (including phenoxy) is 1. The van der Waals surface area contributed by atoms with Gasteiger partial charge in [0.2, 0.25) is 0 Å². The minimum atomic E-state index is -0.209. The molecule has 4 nitrogen and oxygen atoms in total. The number of hydrogen-bond acceptors (Lipinski definition) is 3. The highest BCUT2D eigenvalue weighted by Gasteiger charge is 2.14. The first-order valence-corrected chi connectivity index (χ1v) is 7.18. The van der Waals surface area contributed by atoms with Crippen molar-refractivity contribution in [1.82, 2.24) is 5.32 Å². The standard InChI is InChI=1S/C18H17NO3/c1-13(17-11-14-7-5-6-10-16(14)22-17)19-18(20)12-21-15-8-3-2-4-9-15/h2-11,13H,12H2,1H3,(H,19,20)/t13-/m1/s1. The molecule has 1 atom stereocenters. The fourth-order valence-corrected chi connectivity index (χ4v) is 2.24. The van der Waals surface area contributed by atoms with Gasteiger partial charge in [-0.15, -0.1) is 0 Å². The summed E-state index contributed by atoms with van der Waals surface area (Å²) in [5.74, 6) is 1.22. The van der Waals surface area contributed by atoms with Crippen LogP contribution in [0.15, 0.2) is 65.1 Å². The molecular weight excluding hydrogens is 278 g/mol. The first-order valence-electron chi connectivity index (χ1n) is 7.18. The van der Waals surface area contributed by atoms with Gasteiger partial charge in [0.15, 0.2) is 6.61 Å². The molecule has 0 radical (unpaired) electrons. The van der Waals surface area contributed by atoms with E-state index in [1.54, 1.807) is 0 Å². The lowest BCUT2D eigenvalue weighted by Crippen LogP contribution is -2.31. The summed E-state index contributed by atoms with van der Waals surface area (Å²) in [5.41, 5.74) is 0.819. The number of fused-ring (bicyclic) bond motifs is 1. The number of amides is 1. The number of benzene rings is 2. The SMILES string of the molecule is C[C@@H](NC(=O)COc1ccccc1)c1cc2ccccc2o1. The van der Waals surface area contributed by atoms with E-state index in [0.29, 0.717) is 5.75 Å². The topological polar surface area (TPSA) is 51.5 Å². The third kappa shape index (κ3) is 3.28. The van der Waals surface area contributed by atoms with Crippen LogP contribution in [0.4, 0.5) is 0 Å². The van der Waals surface area contributed by atoms with Crippen molar-refractivity contribution < 1.29 is 13.9 Å². The maximum atomic E-state index is 11.9. The highest BCUT2D eigenvalue weighted by Crippen LogP contribution is 2.23. The molecule has 3 aromatic rings. The zero-order chi connectivity index (χ0) is 15.4. The Hall–Kier alpha value is -2.75. The molecule has 2 aromatic carbocycles. The lowest BCUT2D eigenvalue weighted by molar-refractivity contribution is -0.123. The van der Waals surface area contributed by atoms with Crippen LogP contribution in [0.5, 0.6) is 5.75 Å². The van der Waals surface area contributed by atoms with Crippen LogP contribution in [0.3, 0.4) is 0 Å². The van der Waals surface area contributed by atoms with E-state index in [4.69, 9.17) is 9.15 Å². The van der Waals surface area contributed by atoms with Crippen LogP contribution < -0.4 is 10.1 Å². The molecule has 0 aliphatic rings. The van der Waals surface area contributed by atoms with Gasteiger partial charge in [-0.2, -0.15) is 0 Å². The molecule has 22 heavy (non-hydrogen) atoms. The molecule has 0 bridgehead atoms. The van der Waals surface area contributed by atoms with Crippen molar-refractivity contribution in [2.75, 3.05) is 6.61 Å². The van der Waals surface area contributed by atoms with E-state index in [-0.39, 0.29) is 18.6 Å². The molecule has 0 saturated heterocycles. The molecule has 0 aliphatic heterocycles. The van der Waals surface area contributed by atoms with Crippen molar-refractivity contribution in [3.8, 4) is 5.75 Å². The van der Waals surface area contributed by atoms with E-state index in [0.717, 1.165) is 16.7 Å². The van der Waals surface area contributed by atoms with Gasteiger partial charge in [-0.1, -0.05) is 36.4 Å². The number of para-hydroxylation sites is 2. The minimum absolute atomic E-state index is 0.0193. The second-order valence-corrected chi connectivity index (χ2v) is 5.08. The lowest BCUT2D eigenvalue weighted by Gasteiger charge is -2.12. The summed E-state index contributed by atoms with van der Waals surface area (Å²) in [5, 5.41) is 3.90. The average Bonchev–Trinajstić information content (AvgIpc) is 2.98. The predicted octanol–water partition coefficient (Wildman–Crippen LogP) is 3.69. The van der Waals surface area contributed by atoms with Crippen LogP contribution in [0.2, 0.25) is 0 Å². The van der Waals surface area contributed by atoms with Crippen molar-refractivity contribution in [2.45, 2.75) is 13.0 Å². The van der Waals surface area contributed by atoms with Crippen molar-refractivity contribution in [3.63, 3.8) is 0 Å². The van der Waals surface area contributed by atoms with Gasteiger partial charge in [-0.25, -0.2) is 0 Å². The first kappa shape index (κ1) is 14.2. The molecule has 1 heterocycles. The van der Waals surface area contributed by atoms with E-state index in [1.165, 1.54) is 0 Å². The molecule has 0 aliphatic carbocycles. The monoisotopic (exact) mass is 295 g/mol. The van der Waals surface area contributed by atoms with Gasteiger partial charge in [0.05, 0.1) is 6.04 Å². The van der Waals surface area contributed by atoms with Gasteiger partial charge in [-0.3, -0.25) is 4.79 Å². The van der Waals surface area contributed by atoms with Gasteiger partial charge in [0.25, 0.3) is 5.91 Å². The largest absolute Gasteiger partial charge is 0.484 e. The molecule has 0 spiro atoms. The molecule has 3 rings (SSSR count).